The molecule has 1 atom stereocenters. The Kier molecular flexibility index (Phi) is 5.12. The van der Waals surface area contributed by atoms with Gasteiger partial charge in [-0.3, -0.25) is 14.6 Å². The Morgan fingerprint density at radius 1 is 1.30 bits per heavy atom. The van der Waals surface area contributed by atoms with Crippen LogP contribution in [0, 0.1) is 11.3 Å². The zero-order valence-electron chi connectivity index (χ0n) is 14.2. The first kappa shape index (κ1) is 18.5. The zero-order chi connectivity index (χ0) is 19.4. The number of nitrogens with zero attached hydrogens (tertiary/aromatic N) is 3. The van der Waals surface area contributed by atoms with Gasteiger partial charge in [-0.1, -0.05) is 30.3 Å². The molecule has 1 aromatic carbocycles. The van der Waals surface area contributed by atoms with Crippen molar-refractivity contribution in [2.24, 2.45) is 0 Å². The molecule has 0 spiro atoms. The normalized spacial score (nSPS) is 17.5. The van der Waals surface area contributed by atoms with Gasteiger partial charge in [0.15, 0.2) is 6.04 Å². The molecule has 1 aliphatic heterocycles. The fourth-order valence-corrected chi connectivity index (χ4v) is 2.87. The molecule has 2 amide bonds. The lowest BCUT2D eigenvalue weighted by atomic mass is 9.99. The summed E-state index contributed by atoms with van der Waals surface area (Å²) in [6, 6.07) is 10.7. The van der Waals surface area contributed by atoms with Crippen molar-refractivity contribution in [3.8, 4) is 6.07 Å². The lowest BCUT2D eigenvalue weighted by molar-refractivity contribution is -0.180. The fourth-order valence-electron chi connectivity index (χ4n) is 2.87. The van der Waals surface area contributed by atoms with Gasteiger partial charge >= 0.3 is 0 Å². The molecule has 2 aromatic rings. The summed E-state index contributed by atoms with van der Waals surface area (Å²) in [5.41, 5.74) is 2.03. The summed E-state index contributed by atoms with van der Waals surface area (Å²) in [4.78, 5) is 29.2. The number of rotatable bonds is 5. The SMILES string of the molecule is N#C[C@H]1N(C(=O)CNC(=O)c2ccncc2Cc2ccccc2)CC1(F)F. The van der Waals surface area contributed by atoms with Crippen LogP contribution in [0.15, 0.2) is 48.8 Å². The predicted octanol–water partition coefficient (Wildman–Crippen LogP) is 1.77. The average Bonchev–Trinajstić information content (AvgIpc) is 2.66. The molecule has 0 radical (unpaired) electrons. The molecule has 138 valence electrons. The Hall–Kier alpha value is -3.34. The van der Waals surface area contributed by atoms with Gasteiger partial charge in [-0.2, -0.15) is 5.26 Å². The summed E-state index contributed by atoms with van der Waals surface area (Å²) < 4.78 is 26.5. The molecule has 0 bridgehead atoms. The summed E-state index contributed by atoms with van der Waals surface area (Å²) in [6.07, 6.45) is 3.53. The van der Waals surface area contributed by atoms with Gasteiger partial charge in [0.05, 0.1) is 19.2 Å². The van der Waals surface area contributed by atoms with E-state index in [0.29, 0.717) is 17.5 Å². The van der Waals surface area contributed by atoms with Crippen LogP contribution in [0.25, 0.3) is 0 Å². The number of pyridine rings is 1. The Labute approximate surface area is 154 Å². The van der Waals surface area contributed by atoms with E-state index in [9.17, 15) is 18.4 Å². The maximum atomic E-state index is 13.2. The number of aromatic nitrogens is 1. The summed E-state index contributed by atoms with van der Waals surface area (Å²) in [6.45, 7) is -1.27. The zero-order valence-corrected chi connectivity index (χ0v) is 14.2. The number of halogens is 2. The van der Waals surface area contributed by atoms with Crippen molar-refractivity contribution in [1.82, 2.24) is 15.2 Å². The molecule has 8 heteroatoms. The fraction of sp³-hybridized carbons (Fsp3) is 0.263. The molecule has 1 aliphatic rings. The average molecular weight is 370 g/mol. The third-order valence-electron chi connectivity index (χ3n) is 4.32. The number of hydrogen-bond acceptors (Lipinski definition) is 4. The number of benzene rings is 1. The van der Waals surface area contributed by atoms with Crippen LogP contribution < -0.4 is 5.32 Å². The number of nitriles is 1. The van der Waals surface area contributed by atoms with Crippen molar-refractivity contribution in [1.29, 1.82) is 5.26 Å². The first-order chi connectivity index (χ1) is 12.9. The van der Waals surface area contributed by atoms with E-state index in [1.165, 1.54) is 18.3 Å². The predicted molar refractivity (Wildman–Crippen MR) is 91.9 cm³/mol. The number of likely N-dealkylation sites (tertiary alicyclic amines) is 1. The summed E-state index contributed by atoms with van der Waals surface area (Å²) in [5.74, 6) is -4.43. The van der Waals surface area contributed by atoms with Gasteiger partial charge in [-0.25, -0.2) is 8.78 Å². The largest absolute Gasteiger partial charge is 0.343 e. The number of hydrogen-bond donors (Lipinski definition) is 1. The summed E-state index contributed by atoms with van der Waals surface area (Å²) >= 11 is 0. The number of carbonyl (C=O) groups excluding carboxylic acids is 2. The van der Waals surface area contributed by atoms with E-state index in [1.807, 2.05) is 30.3 Å². The molecule has 0 aliphatic carbocycles. The van der Waals surface area contributed by atoms with E-state index in [1.54, 1.807) is 6.20 Å². The van der Waals surface area contributed by atoms with Crippen LogP contribution in [-0.4, -0.2) is 46.8 Å². The van der Waals surface area contributed by atoms with Crippen LogP contribution in [0.3, 0.4) is 0 Å². The van der Waals surface area contributed by atoms with Crippen molar-refractivity contribution in [2.45, 2.75) is 18.4 Å². The highest BCUT2D eigenvalue weighted by atomic mass is 19.3. The molecule has 6 nitrogen and oxygen atoms in total. The van der Waals surface area contributed by atoms with E-state index in [-0.39, 0.29) is 0 Å². The molecule has 3 rings (SSSR count). The minimum absolute atomic E-state index is 0.354. The van der Waals surface area contributed by atoms with Gasteiger partial charge in [0.1, 0.15) is 0 Å². The van der Waals surface area contributed by atoms with Gasteiger partial charge < -0.3 is 10.2 Å². The second kappa shape index (κ2) is 7.50. The van der Waals surface area contributed by atoms with Gasteiger partial charge in [-0.15, -0.1) is 0 Å². The van der Waals surface area contributed by atoms with Crippen LogP contribution >= 0.6 is 0 Å². The summed E-state index contributed by atoms with van der Waals surface area (Å²) in [5, 5.41) is 11.2. The first-order valence-corrected chi connectivity index (χ1v) is 8.24. The van der Waals surface area contributed by atoms with Crippen LogP contribution in [0.4, 0.5) is 8.78 Å². The van der Waals surface area contributed by atoms with Gasteiger partial charge in [0.2, 0.25) is 5.91 Å². The van der Waals surface area contributed by atoms with Crippen molar-refractivity contribution in [2.75, 3.05) is 13.1 Å². The highest BCUT2D eigenvalue weighted by Gasteiger charge is 2.57. The van der Waals surface area contributed by atoms with Crippen molar-refractivity contribution >= 4 is 11.8 Å². The molecule has 27 heavy (non-hydrogen) atoms. The minimum atomic E-state index is -3.21. The number of amides is 2. The van der Waals surface area contributed by atoms with E-state index in [0.717, 1.165) is 10.5 Å². The van der Waals surface area contributed by atoms with Crippen LogP contribution in [-0.2, 0) is 11.2 Å². The van der Waals surface area contributed by atoms with E-state index in [4.69, 9.17) is 5.26 Å². The minimum Gasteiger partial charge on any atom is -0.343 e. The Morgan fingerprint density at radius 2 is 2.04 bits per heavy atom. The molecule has 2 heterocycles. The maximum absolute atomic E-state index is 13.2. The third-order valence-corrected chi connectivity index (χ3v) is 4.32. The van der Waals surface area contributed by atoms with Crippen molar-refractivity contribution in [3.63, 3.8) is 0 Å². The van der Waals surface area contributed by atoms with E-state index in [2.05, 4.69) is 10.3 Å². The summed E-state index contributed by atoms with van der Waals surface area (Å²) in [7, 11) is 0. The smallest absolute Gasteiger partial charge is 0.298 e. The van der Waals surface area contributed by atoms with E-state index < -0.39 is 36.9 Å². The molecule has 0 unspecified atom stereocenters. The van der Waals surface area contributed by atoms with Crippen LogP contribution in [0.1, 0.15) is 21.5 Å². The lowest BCUT2D eigenvalue weighted by Crippen LogP contribution is -2.67. The van der Waals surface area contributed by atoms with E-state index >= 15 is 0 Å². The molecule has 0 saturated carbocycles. The second-order valence-electron chi connectivity index (χ2n) is 6.19. The molecule has 1 aromatic heterocycles. The number of alkyl halides is 2. The Bertz CT molecular complexity index is 896. The molecular formula is C19H16F2N4O2. The second-order valence-corrected chi connectivity index (χ2v) is 6.19. The molecule has 1 N–H and O–H groups in total. The third kappa shape index (κ3) is 3.92. The quantitative estimate of drug-likeness (QED) is 0.869. The number of nitrogens with one attached hydrogen (secondary N) is 1. The van der Waals surface area contributed by atoms with Crippen LogP contribution in [0.2, 0.25) is 0 Å². The Morgan fingerprint density at radius 3 is 2.70 bits per heavy atom. The topological polar surface area (TPSA) is 86.1 Å². The van der Waals surface area contributed by atoms with Gasteiger partial charge in [0, 0.05) is 18.0 Å². The molecule has 1 saturated heterocycles. The van der Waals surface area contributed by atoms with Crippen molar-refractivity contribution in [3.05, 3.63) is 65.5 Å². The lowest BCUT2D eigenvalue weighted by Gasteiger charge is -2.43. The molecule has 1 fully saturated rings. The molecular weight excluding hydrogens is 354 g/mol. The van der Waals surface area contributed by atoms with Crippen LogP contribution in [0.5, 0.6) is 0 Å². The highest BCUT2D eigenvalue weighted by molar-refractivity contribution is 5.97. The first-order valence-electron chi connectivity index (χ1n) is 8.24. The number of carbonyl (C=O) groups is 2. The van der Waals surface area contributed by atoms with Gasteiger partial charge in [0.25, 0.3) is 11.8 Å². The van der Waals surface area contributed by atoms with Crippen molar-refractivity contribution < 1.29 is 18.4 Å². The monoisotopic (exact) mass is 370 g/mol. The maximum Gasteiger partial charge on any atom is 0.298 e. The van der Waals surface area contributed by atoms with Gasteiger partial charge in [-0.05, 0) is 23.6 Å². The standard InChI is InChI=1S/C19H16F2N4O2/c20-19(21)12-25(16(19)9-22)17(26)11-24-18(27)15-6-7-23-10-14(15)8-13-4-2-1-3-5-13/h1-7,10,16H,8,11-12H2,(H,24,27)/t16-/m1/s1. The Balaban J connectivity index is 1.64. The highest BCUT2D eigenvalue weighted by Crippen LogP contribution is 2.34.